The van der Waals surface area contributed by atoms with E-state index in [1.165, 1.54) is 0 Å². The highest BCUT2D eigenvalue weighted by Gasteiger charge is 2.52. The summed E-state index contributed by atoms with van der Waals surface area (Å²) >= 11 is 0. The maximum absolute atomic E-state index is 14.3. The van der Waals surface area contributed by atoms with Crippen LogP contribution < -0.4 is 10.2 Å². The van der Waals surface area contributed by atoms with Crippen LogP contribution in [-0.4, -0.2) is 30.7 Å². The normalized spacial score (nSPS) is 18.7. The van der Waals surface area contributed by atoms with Crippen molar-refractivity contribution in [3.05, 3.63) is 23.8 Å². The molecule has 0 N–H and O–H groups in total. The number of ether oxygens (including phenoxy) is 1. The maximum atomic E-state index is 14.3. The van der Waals surface area contributed by atoms with Gasteiger partial charge in [0.2, 0.25) is 0 Å². The molecule has 0 atom stereocenters. The zero-order chi connectivity index (χ0) is 19.0. The predicted molar refractivity (Wildman–Crippen MR) is 92.0 cm³/mol. The number of hydrogen-bond donors (Lipinski definition) is 0. The lowest BCUT2D eigenvalue weighted by atomic mass is 9.79. The summed E-state index contributed by atoms with van der Waals surface area (Å²) in [4.78, 5) is 11.7. The highest BCUT2D eigenvalue weighted by molar-refractivity contribution is 6.62. The van der Waals surface area contributed by atoms with Crippen LogP contribution in [0.25, 0.3) is 0 Å². The van der Waals surface area contributed by atoms with Gasteiger partial charge in [0, 0.05) is 6.42 Å². The zero-order valence-electron chi connectivity index (χ0n) is 15.6. The summed E-state index contributed by atoms with van der Waals surface area (Å²) in [7, 11) is -0.870. The fourth-order valence-corrected chi connectivity index (χ4v) is 2.50. The van der Waals surface area contributed by atoms with Gasteiger partial charge in [0.1, 0.15) is 6.61 Å². The van der Waals surface area contributed by atoms with Crippen molar-refractivity contribution in [3.63, 3.8) is 0 Å². The molecule has 0 bridgehead atoms. The second-order valence-electron chi connectivity index (χ2n) is 7.83. The van der Waals surface area contributed by atoms with Crippen LogP contribution in [0.15, 0.2) is 12.1 Å². The van der Waals surface area contributed by atoms with Crippen molar-refractivity contribution in [1.82, 2.24) is 0 Å². The van der Waals surface area contributed by atoms with E-state index in [4.69, 9.17) is 14.0 Å². The van der Waals surface area contributed by atoms with Gasteiger partial charge in [-0.05, 0) is 51.2 Å². The summed E-state index contributed by atoms with van der Waals surface area (Å²) in [5.74, 6) is -2.37. The van der Waals surface area contributed by atoms with Crippen molar-refractivity contribution in [3.8, 4) is 5.75 Å². The number of Topliss-reactive ketones (excluding diaryl/α,β-unsaturated/α-hetero) is 1. The Bertz CT molecular complexity index is 619. The Hall–Kier alpha value is -1.47. The van der Waals surface area contributed by atoms with E-state index in [9.17, 15) is 13.6 Å². The van der Waals surface area contributed by atoms with Crippen molar-refractivity contribution in [2.24, 2.45) is 5.92 Å². The first kappa shape index (κ1) is 19.9. The zero-order valence-corrected chi connectivity index (χ0v) is 15.6. The van der Waals surface area contributed by atoms with Crippen molar-refractivity contribution in [1.29, 1.82) is 0 Å². The Balaban J connectivity index is 2.14. The maximum Gasteiger partial charge on any atom is 0.495 e. The molecule has 1 aromatic carbocycles. The van der Waals surface area contributed by atoms with Crippen molar-refractivity contribution < 1.29 is 27.6 Å². The first-order valence-corrected chi connectivity index (χ1v) is 8.42. The number of carbonyl (C=O) groups is 1. The topological polar surface area (TPSA) is 44.8 Å². The number of rotatable bonds is 6. The second-order valence-corrected chi connectivity index (χ2v) is 7.83. The van der Waals surface area contributed by atoms with Gasteiger partial charge in [-0.25, -0.2) is 8.78 Å². The standard InChI is InChI=1S/C18H25BF2O4/c1-11(2)7-13(22)10-23-16-14(20)8-12(9-15(16)21)19-24-17(3,4)18(5,6)25-19/h8-9,11H,7,10H2,1-6H3. The van der Waals surface area contributed by atoms with Gasteiger partial charge >= 0.3 is 7.12 Å². The van der Waals surface area contributed by atoms with E-state index >= 15 is 0 Å². The Kier molecular flexibility index (Phi) is 5.59. The lowest BCUT2D eigenvalue weighted by molar-refractivity contribution is -0.121. The number of benzene rings is 1. The lowest BCUT2D eigenvalue weighted by Crippen LogP contribution is -2.41. The minimum atomic E-state index is -0.887. The number of halogens is 2. The van der Waals surface area contributed by atoms with Gasteiger partial charge in [-0.15, -0.1) is 0 Å². The third-order valence-corrected chi connectivity index (χ3v) is 4.56. The van der Waals surface area contributed by atoms with Crippen LogP contribution in [0.4, 0.5) is 8.78 Å². The Morgan fingerprint density at radius 2 is 1.60 bits per heavy atom. The second kappa shape index (κ2) is 7.04. The van der Waals surface area contributed by atoms with Crippen molar-refractivity contribution in [2.75, 3.05) is 6.61 Å². The van der Waals surface area contributed by atoms with Gasteiger partial charge in [0.05, 0.1) is 11.2 Å². The van der Waals surface area contributed by atoms with Crippen molar-refractivity contribution >= 4 is 18.4 Å². The molecular weight excluding hydrogens is 329 g/mol. The van der Waals surface area contributed by atoms with Gasteiger partial charge in [-0.2, -0.15) is 0 Å². The molecule has 0 aromatic heterocycles. The predicted octanol–water partition coefficient (Wildman–Crippen LogP) is 3.26. The monoisotopic (exact) mass is 354 g/mol. The molecule has 2 rings (SSSR count). The quantitative estimate of drug-likeness (QED) is 0.736. The van der Waals surface area contributed by atoms with Gasteiger partial charge in [0.25, 0.3) is 0 Å². The Labute approximate surface area is 148 Å². The Morgan fingerprint density at radius 3 is 2.04 bits per heavy atom. The molecule has 0 aliphatic carbocycles. The molecule has 1 aliphatic heterocycles. The van der Waals surface area contributed by atoms with Crippen LogP contribution in [0, 0.1) is 17.6 Å². The highest BCUT2D eigenvalue weighted by atomic mass is 19.1. The molecule has 7 heteroatoms. The summed E-state index contributed by atoms with van der Waals surface area (Å²) in [6.45, 7) is 10.9. The smallest absolute Gasteiger partial charge is 0.480 e. The van der Waals surface area contributed by atoms with Gasteiger partial charge < -0.3 is 14.0 Å². The molecule has 1 fully saturated rings. The molecule has 0 saturated carbocycles. The van der Waals surface area contributed by atoms with E-state index in [1.807, 2.05) is 41.5 Å². The van der Waals surface area contributed by atoms with Gasteiger partial charge in [-0.1, -0.05) is 13.8 Å². The molecule has 1 saturated heterocycles. The van der Waals surface area contributed by atoms with Crippen LogP contribution in [0.5, 0.6) is 5.75 Å². The third kappa shape index (κ3) is 4.39. The Morgan fingerprint density at radius 1 is 1.12 bits per heavy atom. The first-order valence-electron chi connectivity index (χ1n) is 8.42. The number of ketones is 1. The van der Waals surface area contributed by atoms with Gasteiger partial charge in [0.15, 0.2) is 23.2 Å². The van der Waals surface area contributed by atoms with Gasteiger partial charge in [-0.3, -0.25) is 4.79 Å². The van der Waals surface area contributed by atoms with E-state index in [2.05, 4.69) is 0 Å². The lowest BCUT2D eigenvalue weighted by Gasteiger charge is -2.32. The average Bonchev–Trinajstić information content (AvgIpc) is 2.65. The van der Waals surface area contributed by atoms with Crippen LogP contribution in [0.3, 0.4) is 0 Å². The minimum absolute atomic E-state index is 0.163. The molecule has 0 spiro atoms. The molecule has 0 amide bonds. The molecule has 4 nitrogen and oxygen atoms in total. The molecule has 138 valence electrons. The van der Waals surface area contributed by atoms with E-state index < -0.39 is 35.7 Å². The fraction of sp³-hybridized carbons (Fsp3) is 0.611. The molecule has 1 aromatic rings. The molecule has 0 unspecified atom stereocenters. The van der Waals surface area contributed by atoms with Crippen molar-refractivity contribution in [2.45, 2.75) is 59.2 Å². The largest absolute Gasteiger partial charge is 0.495 e. The van der Waals surface area contributed by atoms with E-state index in [0.29, 0.717) is 6.42 Å². The highest BCUT2D eigenvalue weighted by Crippen LogP contribution is 2.36. The molecule has 0 radical (unpaired) electrons. The fourth-order valence-electron chi connectivity index (χ4n) is 2.50. The number of hydrogen-bond acceptors (Lipinski definition) is 4. The van der Waals surface area contributed by atoms with E-state index in [-0.39, 0.29) is 23.8 Å². The summed E-state index contributed by atoms with van der Waals surface area (Å²) in [5.41, 5.74) is -0.985. The molecule has 25 heavy (non-hydrogen) atoms. The molecular formula is C18H25BF2O4. The SMILES string of the molecule is CC(C)CC(=O)COc1c(F)cc(B2OC(C)(C)C(C)(C)O2)cc1F. The van der Waals surface area contributed by atoms with E-state index in [0.717, 1.165) is 12.1 Å². The number of carbonyl (C=O) groups excluding carboxylic acids is 1. The summed E-state index contributed by atoms with van der Waals surface area (Å²) in [6.07, 6.45) is 0.301. The van der Waals surface area contributed by atoms with Crippen LogP contribution in [0.2, 0.25) is 0 Å². The molecule has 1 heterocycles. The average molecular weight is 354 g/mol. The van der Waals surface area contributed by atoms with Crippen LogP contribution >= 0.6 is 0 Å². The summed E-state index contributed by atoms with van der Waals surface area (Å²) < 4.78 is 45.2. The van der Waals surface area contributed by atoms with Crippen LogP contribution in [0.1, 0.15) is 48.0 Å². The minimum Gasteiger partial charge on any atom is -0.480 e. The summed E-state index contributed by atoms with van der Waals surface area (Å²) in [6, 6.07) is 2.24. The first-order chi connectivity index (χ1) is 11.4. The third-order valence-electron chi connectivity index (χ3n) is 4.56. The molecule has 1 aliphatic rings. The van der Waals surface area contributed by atoms with E-state index in [1.54, 1.807) is 0 Å². The summed E-state index contributed by atoms with van der Waals surface area (Å²) in [5, 5.41) is 0. The van der Waals surface area contributed by atoms with Crippen LogP contribution in [-0.2, 0) is 14.1 Å².